The van der Waals surface area contributed by atoms with E-state index < -0.39 is 11.6 Å². The Labute approximate surface area is 238 Å². The Morgan fingerprint density at radius 3 is 1.95 bits per heavy atom. The molecule has 0 spiro atoms. The maximum Gasteiger partial charge on any atom is 0.248 e. The Hall–Kier alpha value is -3.07. The molecule has 216 valence electrons. The van der Waals surface area contributed by atoms with Gasteiger partial charge in [-0.15, -0.1) is 0 Å². The van der Waals surface area contributed by atoms with Crippen molar-refractivity contribution in [3.63, 3.8) is 0 Å². The lowest BCUT2D eigenvalue weighted by Crippen LogP contribution is -2.71. The average Bonchev–Trinajstić information content (AvgIpc) is 2.98. The van der Waals surface area contributed by atoms with E-state index in [0.29, 0.717) is 25.9 Å². The number of hydrogen-bond donors (Lipinski definition) is 0. The molecule has 2 aromatic carbocycles. The van der Waals surface area contributed by atoms with Crippen molar-refractivity contribution in [2.75, 3.05) is 60.0 Å². The molecule has 0 bridgehead atoms. The highest BCUT2D eigenvalue weighted by Crippen LogP contribution is 2.46. The van der Waals surface area contributed by atoms with Gasteiger partial charge in [-0.1, -0.05) is 74.5 Å². The molecule has 0 saturated carbocycles. The fraction of sp³-hybridized carbons (Fsp3) is 0.531. The van der Waals surface area contributed by atoms with Gasteiger partial charge in [0.25, 0.3) is 0 Å². The molecule has 40 heavy (non-hydrogen) atoms. The number of β-lactam (4-membered cyclic amide) rings is 1. The van der Waals surface area contributed by atoms with Crippen LogP contribution in [0.1, 0.15) is 50.2 Å². The summed E-state index contributed by atoms with van der Waals surface area (Å²) in [5.41, 5.74) is 1.25. The number of carbonyl (C=O) groups is 3. The van der Waals surface area contributed by atoms with Gasteiger partial charge in [0, 0.05) is 51.6 Å². The van der Waals surface area contributed by atoms with Crippen molar-refractivity contribution in [1.82, 2.24) is 19.6 Å². The summed E-state index contributed by atoms with van der Waals surface area (Å²) < 4.78 is 6.17. The van der Waals surface area contributed by atoms with Gasteiger partial charge < -0.3 is 14.5 Å². The Balaban J connectivity index is 1.43. The molecule has 2 aliphatic rings. The second kappa shape index (κ2) is 13.5. The second-order valence-electron chi connectivity index (χ2n) is 11.2. The quantitative estimate of drug-likeness (QED) is 0.379. The van der Waals surface area contributed by atoms with Crippen LogP contribution in [0.4, 0.5) is 0 Å². The number of benzene rings is 2. The van der Waals surface area contributed by atoms with Crippen LogP contribution in [0.5, 0.6) is 0 Å². The van der Waals surface area contributed by atoms with Crippen LogP contribution in [0.2, 0.25) is 0 Å². The number of amides is 3. The Kier molecular flexibility index (Phi) is 10.1. The summed E-state index contributed by atoms with van der Waals surface area (Å²) in [6.45, 7) is 8.71. The molecule has 3 amide bonds. The van der Waals surface area contributed by atoms with Gasteiger partial charge in [0.15, 0.2) is 6.23 Å². The van der Waals surface area contributed by atoms with Crippen molar-refractivity contribution >= 4 is 17.7 Å². The zero-order valence-electron chi connectivity index (χ0n) is 24.4. The lowest BCUT2D eigenvalue weighted by Gasteiger charge is -2.54. The Bertz CT molecular complexity index is 1090. The summed E-state index contributed by atoms with van der Waals surface area (Å²) >= 11 is 0. The number of rotatable bonds is 12. The van der Waals surface area contributed by atoms with Crippen LogP contribution in [0.3, 0.4) is 0 Å². The largest absolute Gasteiger partial charge is 0.347 e. The van der Waals surface area contributed by atoms with E-state index in [2.05, 4.69) is 23.9 Å². The third-order valence-corrected chi connectivity index (χ3v) is 8.62. The number of piperazine rings is 1. The molecular formula is C32H44N4O4. The number of likely N-dealkylation sites (N-methyl/N-ethyl adjacent to an activating group) is 1. The van der Waals surface area contributed by atoms with Crippen LogP contribution >= 0.6 is 0 Å². The van der Waals surface area contributed by atoms with Crippen molar-refractivity contribution in [2.45, 2.75) is 45.3 Å². The fourth-order valence-corrected chi connectivity index (χ4v) is 5.89. The summed E-state index contributed by atoms with van der Waals surface area (Å²) in [6, 6.07) is 19.8. The highest BCUT2D eigenvalue weighted by atomic mass is 16.5. The minimum atomic E-state index is -0.782. The van der Waals surface area contributed by atoms with Crippen LogP contribution < -0.4 is 0 Å². The van der Waals surface area contributed by atoms with Gasteiger partial charge in [-0.05, 0) is 38.1 Å². The number of carbonyl (C=O) groups excluding carboxylic acids is 3. The van der Waals surface area contributed by atoms with E-state index in [4.69, 9.17) is 4.74 Å². The molecule has 2 heterocycles. The molecule has 2 fully saturated rings. The van der Waals surface area contributed by atoms with Crippen LogP contribution in [0.15, 0.2) is 60.7 Å². The summed E-state index contributed by atoms with van der Waals surface area (Å²) in [7, 11) is 4.12. The minimum Gasteiger partial charge on any atom is -0.347 e. The minimum absolute atomic E-state index is 0.0911. The van der Waals surface area contributed by atoms with E-state index in [-0.39, 0.29) is 36.7 Å². The topological polar surface area (TPSA) is 73.4 Å². The van der Waals surface area contributed by atoms with E-state index >= 15 is 0 Å². The van der Waals surface area contributed by atoms with Gasteiger partial charge in [-0.3, -0.25) is 24.2 Å². The molecule has 1 atom stereocenters. The van der Waals surface area contributed by atoms with Gasteiger partial charge in [-0.2, -0.15) is 0 Å². The van der Waals surface area contributed by atoms with E-state index in [1.807, 2.05) is 79.4 Å². The highest BCUT2D eigenvalue weighted by molar-refractivity contribution is 6.04. The predicted molar refractivity (Wildman–Crippen MR) is 156 cm³/mol. The molecule has 2 aromatic rings. The van der Waals surface area contributed by atoms with Crippen molar-refractivity contribution in [3.8, 4) is 0 Å². The number of ether oxygens (including phenoxy) is 1. The molecule has 0 N–H and O–H groups in total. The maximum atomic E-state index is 13.7. The summed E-state index contributed by atoms with van der Waals surface area (Å²) in [4.78, 5) is 47.9. The molecule has 1 unspecified atom stereocenters. The van der Waals surface area contributed by atoms with E-state index in [1.165, 1.54) is 4.90 Å². The molecule has 0 aromatic heterocycles. The summed E-state index contributed by atoms with van der Waals surface area (Å²) in [5.74, 6) is -0.750. The van der Waals surface area contributed by atoms with E-state index in [9.17, 15) is 14.4 Å². The van der Waals surface area contributed by atoms with Crippen LogP contribution in [0, 0.1) is 5.41 Å². The van der Waals surface area contributed by atoms with Crippen LogP contribution in [0.25, 0.3) is 0 Å². The smallest absolute Gasteiger partial charge is 0.248 e. The lowest BCUT2D eigenvalue weighted by molar-refractivity contribution is -0.224. The monoisotopic (exact) mass is 548 g/mol. The predicted octanol–water partition coefficient (Wildman–Crippen LogP) is 3.43. The van der Waals surface area contributed by atoms with Crippen molar-refractivity contribution in [2.24, 2.45) is 5.41 Å². The SMILES string of the molecule is CCC1(CC)C(=O)N(C(=O)CC(c2ccccc2)c2ccccc2)C1OCC(=O)N1CCN(CCN(C)C)CC1. The molecule has 4 rings (SSSR count). The van der Waals surface area contributed by atoms with Crippen LogP contribution in [-0.2, 0) is 19.1 Å². The van der Waals surface area contributed by atoms with E-state index in [1.54, 1.807) is 0 Å². The number of nitrogens with zero attached hydrogens (tertiary/aromatic N) is 4. The van der Waals surface area contributed by atoms with Gasteiger partial charge in [0.2, 0.25) is 17.7 Å². The Morgan fingerprint density at radius 1 is 0.900 bits per heavy atom. The molecular weight excluding hydrogens is 504 g/mol. The molecule has 0 radical (unpaired) electrons. The average molecular weight is 549 g/mol. The summed E-state index contributed by atoms with van der Waals surface area (Å²) in [5, 5.41) is 0. The first-order valence-electron chi connectivity index (χ1n) is 14.5. The molecule has 2 aliphatic heterocycles. The van der Waals surface area contributed by atoms with Gasteiger partial charge >= 0.3 is 0 Å². The standard InChI is InChI=1S/C32H44N4O4/c1-5-32(6-2)30(39)36(28(37)23-27(25-13-9-7-10-14-25)26-15-11-8-12-16-26)31(32)40-24-29(38)35-21-19-34(20-22-35)18-17-33(3)4/h7-16,27,31H,5-6,17-24H2,1-4H3. The normalized spacial score (nSPS) is 19.2. The molecule has 2 saturated heterocycles. The number of imide groups is 1. The number of likely N-dealkylation sites (tertiary alicyclic amines) is 1. The second-order valence-corrected chi connectivity index (χ2v) is 11.2. The zero-order valence-corrected chi connectivity index (χ0v) is 24.4. The molecule has 0 aliphatic carbocycles. The first-order chi connectivity index (χ1) is 19.3. The van der Waals surface area contributed by atoms with Crippen molar-refractivity contribution in [1.29, 1.82) is 0 Å². The third-order valence-electron chi connectivity index (χ3n) is 8.62. The Morgan fingerprint density at radius 2 is 1.45 bits per heavy atom. The van der Waals surface area contributed by atoms with Gasteiger partial charge in [0.05, 0.1) is 5.41 Å². The summed E-state index contributed by atoms with van der Waals surface area (Å²) in [6.07, 6.45) is 0.513. The van der Waals surface area contributed by atoms with Crippen molar-refractivity contribution in [3.05, 3.63) is 71.8 Å². The molecule has 8 heteroatoms. The zero-order chi connectivity index (χ0) is 28.7. The van der Waals surface area contributed by atoms with Crippen LogP contribution in [-0.4, -0.2) is 104 Å². The van der Waals surface area contributed by atoms with Crippen molar-refractivity contribution < 1.29 is 19.1 Å². The fourth-order valence-electron chi connectivity index (χ4n) is 5.89. The van der Waals surface area contributed by atoms with Gasteiger partial charge in [0.1, 0.15) is 6.61 Å². The third kappa shape index (κ3) is 6.45. The molecule has 8 nitrogen and oxygen atoms in total. The lowest BCUT2D eigenvalue weighted by atomic mass is 9.71. The highest BCUT2D eigenvalue weighted by Gasteiger charge is 2.61. The first-order valence-corrected chi connectivity index (χ1v) is 14.5. The van der Waals surface area contributed by atoms with Gasteiger partial charge in [-0.25, -0.2) is 0 Å². The first kappa shape index (κ1) is 29.9. The number of hydrogen-bond acceptors (Lipinski definition) is 6. The van der Waals surface area contributed by atoms with E-state index in [0.717, 1.165) is 37.3 Å². The maximum absolute atomic E-state index is 13.7.